The molecule has 3 nitrogen and oxygen atoms in total. The highest BCUT2D eigenvalue weighted by Crippen LogP contribution is 2.41. The topological polar surface area (TPSA) is 44.5 Å². The van der Waals surface area contributed by atoms with E-state index in [9.17, 15) is 4.39 Å². The van der Waals surface area contributed by atoms with E-state index in [4.69, 9.17) is 15.2 Å². The fourth-order valence-corrected chi connectivity index (χ4v) is 2.13. The van der Waals surface area contributed by atoms with Gasteiger partial charge in [0.25, 0.3) is 0 Å². The molecular weight excluding hydrogens is 277 g/mol. The summed E-state index contributed by atoms with van der Waals surface area (Å²) >= 11 is 3.18. The molecule has 1 unspecified atom stereocenters. The van der Waals surface area contributed by atoms with Crippen LogP contribution in [0.1, 0.15) is 24.9 Å². The summed E-state index contributed by atoms with van der Waals surface area (Å²) in [6.07, 6.45) is 0.788. The Morgan fingerprint density at radius 3 is 2.81 bits per heavy atom. The van der Waals surface area contributed by atoms with Crippen molar-refractivity contribution in [3.05, 3.63) is 21.9 Å². The van der Waals surface area contributed by atoms with Crippen LogP contribution < -0.4 is 15.2 Å². The van der Waals surface area contributed by atoms with Gasteiger partial charge >= 0.3 is 0 Å². The Morgan fingerprint density at radius 1 is 1.44 bits per heavy atom. The first-order valence-electron chi connectivity index (χ1n) is 5.14. The molecule has 1 aromatic carbocycles. The molecule has 16 heavy (non-hydrogen) atoms. The van der Waals surface area contributed by atoms with E-state index in [2.05, 4.69) is 15.9 Å². The van der Waals surface area contributed by atoms with Gasteiger partial charge in [-0.1, -0.05) is 0 Å². The van der Waals surface area contributed by atoms with Gasteiger partial charge in [-0.15, -0.1) is 0 Å². The van der Waals surface area contributed by atoms with Gasteiger partial charge in [-0.05, 0) is 28.9 Å². The van der Waals surface area contributed by atoms with Crippen molar-refractivity contribution in [1.29, 1.82) is 0 Å². The van der Waals surface area contributed by atoms with E-state index in [0.717, 1.165) is 6.42 Å². The summed E-state index contributed by atoms with van der Waals surface area (Å²) in [7, 11) is 0. The number of fused-ring (bicyclic) bond motifs is 1. The second-order valence-electron chi connectivity index (χ2n) is 3.76. The summed E-state index contributed by atoms with van der Waals surface area (Å²) in [5.41, 5.74) is 6.13. The Kier molecular flexibility index (Phi) is 3.35. The molecule has 0 spiro atoms. The Balaban J connectivity index is 2.55. The van der Waals surface area contributed by atoms with Gasteiger partial charge < -0.3 is 15.2 Å². The van der Waals surface area contributed by atoms with Crippen LogP contribution >= 0.6 is 15.9 Å². The van der Waals surface area contributed by atoms with Gasteiger partial charge in [0.1, 0.15) is 5.82 Å². The fourth-order valence-electron chi connectivity index (χ4n) is 1.59. The summed E-state index contributed by atoms with van der Waals surface area (Å²) in [6.45, 7) is 2.83. The highest BCUT2D eigenvalue weighted by Gasteiger charge is 2.22. The lowest BCUT2D eigenvalue weighted by Crippen LogP contribution is -2.09. The molecule has 0 aromatic heterocycles. The molecule has 0 radical (unpaired) electrons. The zero-order valence-corrected chi connectivity index (χ0v) is 10.5. The van der Waals surface area contributed by atoms with E-state index in [1.165, 1.54) is 0 Å². The molecule has 1 atom stereocenters. The molecule has 1 heterocycles. The first-order chi connectivity index (χ1) is 7.61. The van der Waals surface area contributed by atoms with Crippen LogP contribution in [0.25, 0.3) is 0 Å². The van der Waals surface area contributed by atoms with Crippen molar-refractivity contribution >= 4 is 15.9 Å². The van der Waals surface area contributed by atoms with Crippen molar-refractivity contribution in [2.45, 2.75) is 19.4 Å². The van der Waals surface area contributed by atoms with Crippen molar-refractivity contribution in [2.24, 2.45) is 5.73 Å². The van der Waals surface area contributed by atoms with E-state index in [0.29, 0.717) is 34.7 Å². The average molecular weight is 290 g/mol. The quantitative estimate of drug-likeness (QED) is 0.865. The zero-order valence-electron chi connectivity index (χ0n) is 8.93. The first kappa shape index (κ1) is 11.7. The van der Waals surface area contributed by atoms with Crippen LogP contribution in [0, 0.1) is 5.82 Å². The lowest BCUT2D eigenvalue weighted by molar-refractivity contribution is 0.296. The van der Waals surface area contributed by atoms with Crippen LogP contribution in [0.4, 0.5) is 4.39 Å². The van der Waals surface area contributed by atoms with Crippen molar-refractivity contribution in [2.75, 3.05) is 13.2 Å². The van der Waals surface area contributed by atoms with Gasteiger partial charge in [0.05, 0.1) is 17.7 Å². The molecule has 1 aliphatic heterocycles. The molecule has 5 heteroatoms. The van der Waals surface area contributed by atoms with Crippen LogP contribution in [0.5, 0.6) is 11.5 Å². The maximum absolute atomic E-state index is 13.9. The molecule has 0 bridgehead atoms. The Labute approximate surface area is 102 Å². The van der Waals surface area contributed by atoms with E-state index in [1.54, 1.807) is 13.0 Å². The number of halogens is 2. The van der Waals surface area contributed by atoms with Crippen LogP contribution in [0.2, 0.25) is 0 Å². The monoisotopic (exact) mass is 289 g/mol. The number of rotatable bonds is 1. The fraction of sp³-hybridized carbons (Fsp3) is 0.455. The van der Waals surface area contributed by atoms with E-state index in [-0.39, 0.29) is 11.9 Å². The van der Waals surface area contributed by atoms with Gasteiger partial charge in [0, 0.05) is 18.0 Å². The molecule has 0 saturated heterocycles. The smallest absolute Gasteiger partial charge is 0.178 e. The standard InChI is InChI=1S/C11H13BrFNO2/c1-6(14)7-5-8-11(9(12)10(7)13)16-4-2-3-15-8/h5-6H,2-4,14H2,1H3. The number of benzene rings is 1. The Hall–Kier alpha value is -0.810. The van der Waals surface area contributed by atoms with Crippen molar-refractivity contribution in [1.82, 2.24) is 0 Å². The molecule has 2 N–H and O–H groups in total. The second-order valence-corrected chi connectivity index (χ2v) is 4.55. The minimum absolute atomic E-state index is 0.291. The van der Waals surface area contributed by atoms with Gasteiger partial charge in [-0.25, -0.2) is 4.39 Å². The average Bonchev–Trinajstić information content (AvgIpc) is 2.48. The minimum Gasteiger partial charge on any atom is -0.490 e. The summed E-state index contributed by atoms with van der Waals surface area (Å²) in [6, 6.07) is 1.24. The van der Waals surface area contributed by atoms with E-state index < -0.39 is 0 Å². The highest BCUT2D eigenvalue weighted by molar-refractivity contribution is 9.10. The van der Waals surface area contributed by atoms with Crippen LogP contribution in [0.15, 0.2) is 10.5 Å². The maximum atomic E-state index is 13.9. The largest absolute Gasteiger partial charge is 0.490 e. The Morgan fingerprint density at radius 2 is 2.12 bits per heavy atom. The van der Waals surface area contributed by atoms with Crippen LogP contribution in [0.3, 0.4) is 0 Å². The molecule has 88 valence electrons. The van der Waals surface area contributed by atoms with Crippen molar-refractivity contribution in [3.63, 3.8) is 0 Å². The SMILES string of the molecule is CC(N)c1cc2c(c(Br)c1F)OCCCO2. The lowest BCUT2D eigenvalue weighted by atomic mass is 10.1. The van der Waals surface area contributed by atoms with Gasteiger partial charge in [-0.2, -0.15) is 0 Å². The third-order valence-electron chi connectivity index (χ3n) is 2.44. The third-order valence-corrected chi connectivity index (χ3v) is 3.15. The molecule has 0 saturated carbocycles. The van der Waals surface area contributed by atoms with Crippen molar-refractivity contribution < 1.29 is 13.9 Å². The van der Waals surface area contributed by atoms with E-state index >= 15 is 0 Å². The number of hydrogen-bond acceptors (Lipinski definition) is 3. The highest BCUT2D eigenvalue weighted by atomic mass is 79.9. The molecule has 1 aliphatic rings. The minimum atomic E-state index is -0.381. The van der Waals surface area contributed by atoms with Gasteiger partial charge in [-0.3, -0.25) is 0 Å². The molecule has 0 fully saturated rings. The number of ether oxygens (including phenoxy) is 2. The molecule has 2 rings (SSSR count). The van der Waals surface area contributed by atoms with E-state index in [1.807, 2.05) is 0 Å². The van der Waals surface area contributed by atoms with Crippen molar-refractivity contribution in [3.8, 4) is 11.5 Å². The summed E-state index contributed by atoms with van der Waals surface area (Å²) in [5.74, 6) is 0.608. The number of nitrogens with two attached hydrogens (primary N) is 1. The van der Waals surface area contributed by atoms with Gasteiger partial charge in [0.15, 0.2) is 11.5 Å². The molecule has 0 amide bonds. The molecule has 1 aromatic rings. The Bertz CT molecular complexity index is 409. The van der Waals surface area contributed by atoms with Crippen LogP contribution in [-0.4, -0.2) is 13.2 Å². The van der Waals surface area contributed by atoms with Crippen LogP contribution in [-0.2, 0) is 0 Å². The van der Waals surface area contributed by atoms with Gasteiger partial charge in [0.2, 0.25) is 0 Å². The molecular formula is C11H13BrFNO2. The predicted octanol–water partition coefficient (Wildman–Crippen LogP) is 2.77. The normalized spacial score (nSPS) is 16.8. The first-order valence-corrected chi connectivity index (χ1v) is 5.93. The lowest BCUT2D eigenvalue weighted by Gasteiger charge is -2.15. The predicted molar refractivity (Wildman–Crippen MR) is 62.3 cm³/mol. The maximum Gasteiger partial charge on any atom is 0.178 e. The summed E-state index contributed by atoms with van der Waals surface area (Å²) in [4.78, 5) is 0. The summed E-state index contributed by atoms with van der Waals surface area (Å²) in [5, 5.41) is 0. The molecule has 0 aliphatic carbocycles. The summed E-state index contributed by atoms with van der Waals surface area (Å²) < 4.78 is 25.1. The zero-order chi connectivity index (χ0) is 11.7. The number of hydrogen-bond donors (Lipinski definition) is 1. The second kappa shape index (κ2) is 4.59. The third kappa shape index (κ3) is 2.01.